The van der Waals surface area contributed by atoms with Gasteiger partial charge in [0.15, 0.2) is 11.7 Å². The molecule has 6 nitrogen and oxygen atoms in total. The quantitative estimate of drug-likeness (QED) is 0.295. The second kappa shape index (κ2) is 9.67. The molecule has 1 amide bonds. The van der Waals surface area contributed by atoms with E-state index in [-0.39, 0.29) is 5.76 Å². The van der Waals surface area contributed by atoms with Crippen LogP contribution < -0.4 is 16.4 Å². The molecule has 0 saturated carbocycles. The van der Waals surface area contributed by atoms with Crippen molar-refractivity contribution in [3.63, 3.8) is 0 Å². The number of nitrogens with two attached hydrogens (primary N) is 1. The van der Waals surface area contributed by atoms with Gasteiger partial charge in [-0.1, -0.05) is 18.2 Å². The van der Waals surface area contributed by atoms with Gasteiger partial charge in [-0.15, -0.1) is 11.8 Å². The first kappa shape index (κ1) is 17.9. The first-order valence-corrected chi connectivity index (χ1v) is 8.76. The smallest absolute Gasteiger partial charge is 0.284 e. The number of furan rings is 1. The molecule has 2 rings (SSSR count). The lowest BCUT2D eigenvalue weighted by atomic mass is 10.4. The van der Waals surface area contributed by atoms with Crippen molar-refractivity contribution in [3.05, 3.63) is 54.0 Å². The monoisotopic (exact) mass is 346 g/mol. The number of benzene rings is 1. The maximum Gasteiger partial charge on any atom is 0.284 e. The van der Waals surface area contributed by atoms with Gasteiger partial charge >= 0.3 is 0 Å². The molecule has 0 aliphatic carbocycles. The lowest BCUT2D eigenvalue weighted by Gasteiger charge is -2.10. The van der Waals surface area contributed by atoms with Crippen molar-refractivity contribution >= 4 is 23.6 Å². The topological polar surface area (TPSA) is 92.6 Å². The van der Waals surface area contributed by atoms with E-state index in [9.17, 15) is 4.79 Å². The zero-order valence-corrected chi connectivity index (χ0v) is 14.4. The highest BCUT2D eigenvalue weighted by atomic mass is 32.2. The Labute approximate surface area is 145 Å². The summed E-state index contributed by atoms with van der Waals surface area (Å²) in [7, 11) is 0. The standard InChI is InChI=1S/C17H22N4O2S/c1-2-19-17(20-10-11-24-14-6-4-3-5-7-14)21-12-13-8-9-15(23-13)16(18)22/h3-9H,2,10-12H2,1H3,(H2,18,22)(H2,19,20,21). The Morgan fingerprint density at radius 1 is 1.21 bits per heavy atom. The van der Waals surface area contributed by atoms with E-state index in [2.05, 4.69) is 27.8 Å². The molecule has 0 spiro atoms. The first-order valence-electron chi connectivity index (χ1n) is 7.77. The second-order valence-electron chi connectivity index (χ2n) is 4.91. The van der Waals surface area contributed by atoms with Crippen molar-refractivity contribution in [3.8, 4) is 0 Å². The molecule has 24 heavy (non-hydrogen) atoms. The van der Waals surface area contributed by atoms with Crippen LogP contribution >= 0.6 is 11.8 Å². The summed E-state index contributed by atoms with van der Waals surface area (Å²) in [5.41, 5.74) is 5.16. The van der Waals surface area contributed by atoms with E-state index in [0.717, 1.165) is 18.8 Å². The first-order chi connectivity index (χ1) is 11.7. The zero-order chi connectivity index (χ0) is 17.2. The van der Waals surface area contributed by atoms with E-state index in [0.29, 0.717) is 18.3 Å². The van der Waals surface area contributed by atoms with Gasteiger partial charge in [-0.3, -0.25) is 4.79 Å². The molecule has 1 aromatic carbocycles. The lowest BCUT2D eigenvalue weighted by molar-refractivity contribution is 0.0972. The number of hydrogen-bond donors (Lipinski definition) is 3. The number of carbonyl (C=O) groups excluding carboxylic acids is 1. The van der Waals surface area contributed by atoms with Crippen LogP contribution in [0.2, 0.25) is 0 Å². The number of thioether (sulfide) groups is 1. The van der Waals surface area contributed by atoms with Gasteiger partial charge < -0.3 is 20.8 Å². The Kier molecular flexibility index (Phi) is 7.22. The molecule has 0 radical (unpaired) electrons. The predicted octanol–water partition coefficient (Wildman–Crippen LogP) is 2.23. The molecule has 2 aromatic rings. The van der Waals surface area contributed by atoms with Gasteiger partial charge in [0, 0.05) is 23.7 Å². The Balaban J connectivity index is 1.80. The number of primary amides is 1. The van der Waals surface area contributed by atoms with E-state index in [4.69, 9.17) is 10.2 Å². The number of aliphatic imine (C=N–C) groups is 1. The normalized spacial score (nSPS) is 11.3. The molecule has 7 heteroatoms. The summed E-state index contributed by atoms with van der Waals surface area (Å²) < 4.78 is 5.32. The van der Waals surface area contributed by atoms with Crippen LogP contribution in [-0.2, 0) is 6.54 Å². The predicted molar refractivity (Wildman–Crippen MR) is 97.2 cm³/mol. The summed E-state index contributed by atoms with van der Waals surface area (Å²) in [6, 6.07) is 13.5. The second-order valence-corrected chi connectivity index (χ2v) is 6.08. The molecule has 4 N–H and O–H groups in total. The summed E-state index contributed by atoms with van der Waals surface area (Å²) in [5.74, 6) is 1.81. The maximum atomic E-state index is 11.0. The van der Waals surface area contributed by atoms with Crippen molar-refractivity contribution in [2.45, 2.75) is 18.4 Å². The number of carbonyl (C=O) groups is 1. The molecule has 1 heterocycles. The molecule has 0 bridgehead atoms. The Hall–Kier alpha value is -2.41. The van der Waals surface area contributed by atoms with E-state index in [1.54, 1.807) is 23.9 Å². The van der Waals surface area contributed by atoms with E-state index >= 15 is 0 Å². The molecular formula is C17H22N4O2S. The van der Waals surface area contributed by atoms with E-state index in [1.807, 2.05) is 25.1 Å². The minimum atomic E-state index is -0.576. The number of nitrogens with zero attached hydrogens (tertiary/aromatic N) is 1. The number of nitrogens with one attached hydrogen (secondary N) is 2. The van der Waals surface area contributed by atoms with Gasteiger partial charge in [0.1, 0.15) is 12.3 Å². The Bertz CT molecular complexity index is 670. The van der Waals surface area contributed by atoms with Gasteiger partial charge in [-0.2, -0.15) is 0 Å². The molecule has 0 fully saturated rings. The minimum Gasteiger partial charge on any atom is -0.454 e. The summed E-state index contributed by atoms with van der Waals surface area (Å²) in [5, 5.41) is 6.45. The number of rotatable bonds is 8. The lowest BCUT2D eigenvalue weighted by Crippen LogP contribution is -2.38. The molecular weight excluding hydrogens is 324 g/mol. The van der Waals surface area contributed by atoms with Crippen LogP contribution in [0.4, 0.5) is 0 Å². The SMILES string of the molecule is CCNC(=NCc1ccc(C(N)=O)o1)NCCSc1ccccc1. The summed E-state index contributed by atoms with van der Waals surface area (Å²) in [4.78, 5) is 16.7. The van der Waals surface area contributed by atoms with Crippen molar-refractivity contribution in [2.75, 3.05) is 18.8 Å². The van der Waals surface area contributed by atoms with Crippen molar-refractivity contribution < 1.29 is 9.21 Å². The van der Waals surface area contributed by atoms with Gasteiger partial charge in [-0.25, -0.2) is 4.99 Å². The Morgan fingerprint density at radius 2 is 2.00 bits per heavy atom. The molecule has 0 saturated heterocycles. The molecule has 1 aromatic heterocycles. The Morgan fingerprint density at radius 3 is 2.67 bits per heavy atom. The third-order valence-electron chi connectivity index (χ3n) is 3.05. The highest BCUT2D eigenvalue weighted by molar-refractivity contribution is 7.99. The van der Waals surface area contributed by atoms with Gasteiger partial charge in [0.25, 0.3) is 5.91 Å². The summed E-state index contributed by atoms with van der Waals surface area (Å²) >= 11 is 1.79. The fraction of sp³-hybridized carbons (Fsp3) is 0.294. The van der Waals surface area contributed by atoms with Crippen LogP contribution in [0.3, 0.4) is 0 Å². The van der Waals surface area contributed by atoms with Crippen molar-refractivity contribution in [1.82, 2.24) is 10.6 Å². The van der Waals surface area contributed by atoms with Crippen LogP contribution in [0.25, 0.3) is 0 Å². The van der Waals surface area contributed by atoms with Crippen LogP contribution in [-0.4, -0.2) is 30.7 Å². The minimum absolute atomic E-state index is 0.150. The third-order valence-corrected chi connectivity index (χ3v) is 4.06. The van der Waals surface area contributed by atoms with Crippen LogP contribution in [0.15, 0.2) is 56.8 Å². The number of amides is 1. The fourth-order valence-electron chi connectivity index (χ4n) is 1.95. The van der Waals surface area contributed by atoms with Crippen molar-refractivity contribution in [1.29, 1.82) is 0 Å². The van der Waals surface area contributed by atoms with Crippen LogP contribution in [0.5, 0.6) is 0 Å². The van der Waals surface area contributed by atoms with Gasteiger partial charge in [0.2, 0.25) is 0 Å². The highest BCUT2D eigenvalue weighted by Crippen LogP contribution is 2.15. The maximum absolute atomic E-state index is 11.0. The number of hydrogen-bond acceptors (Lipinski definition) is 4. The molecule has 0 unspecified atom stereocenters. The van der Waals surface area contributed by atoms with Crippen LogP contribution in [0, 0.1) is 0 Å². The molecule has 0 atom stereocenters. The third kappa shape index (κ3) is 6.00. The van der Waals surface area contributed by atoms with E-state index < -0.39 is 5.91 Å². The van der Waals surface area contributed by atoms with Crippen molar-refractivity contribution in [2.24, 2.45) is 10.7 Å². The highest BCUT2D eigenvalue weighted by Gasteiger charge is 2.06. The van der Waals surface area contributed by atoms with Crippen LogP contribution in [0.1, 0.15) is 23.2 Å². The summed E-state index contributed by atoms with van der Waals surface area (Å²) in [6.45, 7) is 3.90. The molecule has 0 aliphatic heterocycles. The van der Waals surface area contributed by atoms with Gasteiger partial charge in [-0.05, 0) is 31.2 Å². The summed E-state index contributed by atoms with van der Waals surface area (Å²) in [6.07, 6.45) is 0. The molecule has 0 aliphatic rings. The molecule has 128 valence electrons. The fourth-order valence-corrected chi connectivity index (χ4v) is 2.74. The van der Waals surface area contributed by atoms with E-state index in [1.165, 1.54) is 4.90 Å². The zero-order valence-electron chi connectivity index (χ0n) is 13.6. The number of guanidine groups is 1. The largest absolute Gasteiger partial charge is 0.454 e. The average Bonchev–Trinajstić information content (AvgIpc) is 3.06. The average molecular weight is 346 g/mol. The van der Waals surface area contributed by atoms with Gasteiger partial charge in [0.05, 0.1) is 0 Å².